The van der Waals surface area contributed by atoms with Crippen LogP contribution >= 0.6 is 68.4 Å². The molecular formula is C111H128F2N4S6. The van der Waals surface area contributed by atoms with Gasteiger partial charge in [-0.25, -0.2) is 18.9 Å². The molecule has 0 aliphatic heterocycles. The van der Waals surface area contributed by atoms with Crippen molar-refractivity contribution in [3.63, 3.8) is 0 Å². The smallest absolute Gasteiger partial charge is 0.226 e. The fraction of sp³-hybridized carbons (Fsp3) is 0.459. The molecule has 0 spiro atoms. The number of allylic oxidation sites excluding steroid dienone is 4. The van der Waals surface area contributed by atoms with E-state index in [0.29, 0.717) is 27.8 Å². The molecule has 0 N–H and O–H groups in total. The molecule has 0 unspecified atom stereocenters. The fourth-order valence-electron chi connectivity index (χ4n) is 20.7. The Bertz CT molecular complexity index is 5630. The van der Waals surface area contributed by atoms with Crippen molar-refractivity contribution in [1.82, 2.24) is 8.75 Å². The van der Waals surface area contributed by atoms with E-state index in [1.807, 2.05) is 28.7 Å². The van der Waals surface area contributed by atoms with Gasteiger partial charge in [0.25, 0.3) is 5.70 Å². The Morgan fingerprint density at radius 1 is 0.407 bits per heavy atom. The van der Waals surface area contributed by atoms with Crippen molar-refractivity contribution in [2.75, 3.05) is 0 Å². The average molecular weight is 1750 g/mol. The number of fused-ring (bicyclic) bond motifs is 13. The van der Waals surface area contributed by atoms with E-state index in [-0.39, 0.29) is 16.8 Å². The standard InChI is InChI=1S/C111H128F2N4S6/c1-12-20-28-36-44-74-55-75(45-37-29-21-13-2)60-83(59-74)110(84-61-76(46-38-30-22-14-3)56-77(62-84)47-39-31-23-15-4)91-54-72(9)118-103(91)105-99(110)107-109(121-105)100-108(122-107)106-98(104-96(120-106)70-95(119-104)87-53-52-82(101-102(87)117-123-116-101)67-89-73(10)88-68-92(112)93(113)69-90(88)97(89)94(71-114)115-11)111(100,85-63-78(48-40-32-24-16-5)57-79(64-85)49-41-33-25-17-6)86-65-80(50-42-34-26-18-7)58-81(66-86)51-43-35-27-19-8/h52-70H,10,12-51H2,1-9H3/b89-67+,97-94-. The van der Waals surface area contributed by atoms with Gasteiger partial charge in [0.05, 0.1) is 63.9 Å². The van der Waals surface area contributed by atoms with Gasteiger partial charge in [0.1, 0.15) is 11.0 Å². The van der Waals surface area contributed by atoms with Crippen LogP contribution in [0, 0.1) is 36.5 Å². The van der Waals surface area contributed by atoms with Crippen molar-refractivity contribution in [2.45, 2.75) is 330 Å². The molecule has 0 saturated carbocycles. The minimum atomic E-state index is -1.05. The predicted octanol–water partition coefficient (Wildman–Crippen LogP) is 35.5. The first-order valence-corrected chi connectivity index (χ1v) is 52.5. The van der Waals surface area contributed by atoms with Crippen LogP contribution in [0.1, 0.15) is 371 Å². The van der Waals surface area contributed by atoms with Crippen LogP contribution in [0.5, 0.6) is 0 Å². The Morgan fingerprint density at radius 2 is 0.772 bits per heavy atom. The molecule has 0 radical (unpaired) electrons. The highest BCUT2D eigenvalue weighted by Gasteiger charge is 2.56. The maximum Gasteiger partial charge on any atom is 0.270 e. The van der Waals surface area contributed by atoms with Gasteiger partial charge in [-0.15, -0.1) is 56.7 Å². The molecule has 0 amide bonds. The molecule has 6 aromatic carbocycles. The lowest BCUT2D eigenvalue weighted by Gasteiger charge is -2.35. The second-order valence-electron chi connectivity index (χ2n) is 36.1. The summed E-state index contributed by atoms with van der Waals surface area (Å²) in [6.07, 6.45) is 49.4. The zero-order chi connectivity index (χ0) is 85.7. The van der Waals surface area contributed by atoms with E-state index in [1.54, 1.807) is 0 Å². The molecule has 6 heterocycles. The van der Waals surface area contributed by atoms with Crippen LogP contribution in [-0.2, 0) is 62.2 Å². The summed E-state index contributed by atoms with van der Waals surface area (Å²) < 4.78 is 46.2. The molecule has 4 nitrogen and oxygen atoms in total. The van der Waals surface area contributed by atoms with Gasteiger partial charge in [-0.2, -0.15) is 8.75 Å². The zero-order valence-electron chi connectivity index (χ0n) is 75.0. The SMILES string of the molecule is [C-]#[N+]/C(C#N)=C1/C(=C/c2ccc(-c3cc4sc5c(c4s3)C(c3cc(CCCCCC)cc(CCCCCC)c3)(c3cc(CCCCCC)cc(CCCCCC)c3)c3c-5sc4c5c(sc34)-c3sc(C)cc3C5(c3cc(CCCCCC)cc(CCCCCC)c3)c3cc(CCCCCC)cc(CCCCCC)c3)c3nsnc23)C(=C)c2cc(F)c(F)cc21. The number of rotatable bonds is 46. The molecule has 0 bridgehead atoms. The van der Waals surface area contributed by atoms with Crippen molar-refractivity contribution in [2.24, 2.45) is 0 Å². The number of halogens is 2. The minimum Gasteiger partial charge on any atom is -0.226 e. The van der Waals surface area contributed by atoms with E-state index < -0.39 is 22.5 Å². The van der Waals surface area contributed by atoms with Crippen LogP contribution in [0.15, 0.2) is 127 Å². The Labute approximate surface area is 758 Å². The van der Waals surface area contributed by atoms with Gasteiger partial charge in [0.2, 0.25) is 0 Å². The maximum atomic E-state index is 15.2. The van der Waals surface area contributed by atoms with E-state index in [9.17, 15) is 5.26 Å². The Balaban J connectivity index is 1.05. The van der Waals surface area contributed by atoms with E-state index in [2.05, 4.69) is 211 Å². The van der Waals surface area contributed by atoms with Gasteiger partial charge in [-0.3, -0.25) is 0 Å². The average Bonchev–Trinajstić information content (AvgIpc) is 1.48. The Kier molecular flexibility index (Phi) is 30.6. The highest BCUT2D eigenvalue weighted by Crippen LogP contribution is 2.72. The molecule has 3 aliphatic rings. The molecule has 12 heteroatoms. The Morgan fingerprint density at radius 3 is 1.17 bits per heavy atom. The molecule has 15 rings (SSSR count). The number of thiophene rings is 5. The van der Waals surface area contributed by atoms with Crippen molar-refractivity contribution in [3.8, 4) is 36.0 Å². The predicted molar refractivity (Wildman–Crippen MR) is 532 cm³/mol. The molecule has 0 saturated heterocycles. The minimum absolute atomic E-state index is 0.215. The van der Waals surface area contributed by atoms with E-state index in [4.69, 9.17) is 15.3 Å². The van der Waals surface area contributed by atoms with Gasteiger partial charge in [-0.05, 0) is 235 Å². The summed E-state index contributed by atoms with van der Waals surface area (Å²) in [5.74, 6) is -2.06. The third-order valence-electron chi connectivity index (χ3n) is 26.9. The number of nitrogens with zero attached hydrogens (tertiary/aromatic N) is 4. The van der Waals surface area contributed by atoms with Gasteiger partial charge in [-0.1, -0.05) is 301 Å². The lowest BCUT2D eigenvalue weighted by molar-refractivity contribution is 0.508. The lowest BCUT2D eigenvalue weighted by Crippen LogP contribution is -2.30. The summed E-state index contributed by atoms with van der Waals surface area (Å²) in [5, 5.41) is 10.4. The van der Waals surface area contributed by atoms with Gasteiger partial charge < -0.3 is 0 Å². The van der Waals surface area contributed by atoms with Crippen LogP contribution in [0.4, 0.5) is 8.78 Å². The molecule has 642 valence electrons. The van der Waals surface area contributed by atoms with Gasteiger partial charge >= 0.3 is 0 Å². The van der Waals surface area contributed by atoms with Crippen LogP contribution in [-0.4, -0.2) is 8.75 Å². The third kappa shape index (κ3) is 18.4. The second-order valence-corrected chi connectivity index (χ2v) is 42.0. The maximum absolute atomic E-state index is 15.2. The second kappa shape index (κ2) is 41.8. The normalized spacial score (nSPS) is 14.4. The summed E-state index contributed by atoms with van der Waals surface area (Å²) in [6.45, 7) is 33.7. The number of nitriles is 1. The largest absolute Gasteiger partial charge is 0.270 e. The van der Waals surface area contributed by atoms with E-state index in [0.717, 1.165) is 105 Å². The molecular weight excluding hydrogens is 1620 g/mol. The molecule has 0 atom stereocenters. The molecule has 6 aromatic heterocycles. The third-order valence-corrected chi connectivity index (χ3v) is 33.8. The monoisotopic (exact) mass is 1750 g/mol. The van der Waals surface area contributed by atoms with E-state index in [1.165, 1.54) is 324 Å². The quantitative estimate of drug-likeness (QED) is 0.0217. The zero-order valence-corrected chi connectivity index (χ0v) is 79.9. The first-order chi connectivity index (χ1) is 60.2. The highest BCUT2D eigenvalue weighted by atomic mass is 32.1. The lowest BCUT2D eigenvalue weighted by atomic mass is 9.65. The number of hydrogen-bond acceptors (Lipinski definition) is 9. The van der Waals surface area contributed by atoms with Crippen molar-refractivity contribution in [3.05, 3.63) is 261 Å². The van der Waals surface area contributed by atoms with Gasteiger partial charge in [0, 0.05) is 52.7 Å². The number of unbranched alkanes of at least 4 members (excludes halogenated alkanes) is 24. The first kappa shape index (κ1) is 90.0. The van der Waals surface area contributed by atoms with Crippen molar-refractivity contribution < 1.29 is 8.78 Å². The van der Waals surface area contributed by atoms with Gasteiger partial charge in [0.15, 0.2) is 11.6 Å². The van der Waals surface area contributed by atoms with Crippen LogP contribution < -0.4 is 0 Å². The summed E-state index contributed by atoms with van der Waals surface area (Å²) in [5.41, 5.74) is 27.0. The summed E-state index contributed by atoms with van der Waals surface area (Å²) in [7, 11) is 0. The molecule has 123 heavy (non-hydrogen) atoms. The fourth-order valence-corrected chi connectivity index (χ4v) is 28.5. The number of benzene rings is 6. The molecule has 12 aromatic rings. The van der Waals surface area contributed by atoms with Crippen molar-refractivity contribution >= 4 is 115 Å². The van der Waals surface area contributed by atoms with Crippen LogP contribution in [0.25, 0.3) is 81.8 Å². The number of aryl methyl sites for hydroxylation is 9. The number of hydrogen-bond donors (Lipinski definition) is 0. The Hall–Kier alpha value is -7.78. The first-order valence-electron chi connectivity index (χ1n) is 47.7. The molecule has 0 fully saturated rings. The summed E-state index contributed by atoms with van der Waals surface area (Å²) in [4.78, 5) is 11.9. The highest BCUT2D eigenvalue weighted by molar-refractivity contribution is 7.36. The topological polar surface area (TPSA) is 53.9 Å². The summed E-state index contributed by atoms with van der Waals surface area (Å²) >= 11 is 11.5. The van der Waals surface area contributed by atoms with Crippen LogP contribution in [0.3, 0.4) is 0 Å². The van der Waals surface area contributed by atoms with Crippen LogP contribution in [0.2, 0.25) is 0 Å². The summed E-state index contributed by atoms with van der Waals surface area (Å²) in [6, 6.07) is 46.3. The molecule has 3 aliphatic carbocycles. The van der Waals surface area contributed by atoms with Crippen molar-refractivity contribution in [1.29, 1.82) is 5.26 Å². The van der Waals surface area contributed by atoms with E-state index >= 15 is 8.78 Å². The number of aromatic nitrogens is 2.